The van der Waals surface area contributed by atoms with Crippen molar-refractivity contribution >= 4 is 23.4 Å². The van der Waals surface area contributed by atoms with Crippen molar-refractivity contribution in [3.8, 4) is 0 Å². The van der Waals surface area contributed by atoms with Crippen molar-refractivity contribution in [2.24, 2.45) is 5.92 Å². The monoisotopic (exact) mass is 371 g/mol. The lowest BCUT2D eigenvalue weighted by molar-refractivity contribution is -0.141. The lowest BCUT2D eigenvalue weighted by atomic mass is 9.97. The minimum atomic E-state index is -0.305. The van der Waals surface area contributed by atoms with Crippen molar-refractivity contribution in [2.45, 2.75) is 40.0 Å². The molecule has 6 nitrogen and oxygen atoms in total. The summed E-state index contributed by atoms with van der Waals surface area (Å²) in [6, 6.07) is 6.10. The maximum atomic E-state index is 12.9. The van der Waals surface area contributed by atoms with Gasteiger partial charge in [0.25, 0.3) is 0 Å². The SMILES string of the molecule is CC(=O)N1CCN(C(=O)C2CC(=O)N(c3c(C)cccc3C(C)C)C2)CC1. The smallest absolute Gasteiger partial charge is 0.228 e. The average molecular weight is 371 g/mol. The van der Waals surface area contributed by atoms with E-state index < -0.39 is 0 Å². The van der Waals surface area contributed by atoms with Gasteiger partial charge in [-0.2, -0.15) is 0 Å². The van der Waals surface area contributed by atoms with Crippen LogP contribution >= 0.6 is 0 Å². The summed E-state index contributed by atoms with van der Waals surface area (Å²) in [6.45, 7) is 10.5. The first-order chi connectivity index (χ1) is 12.8. The van der Waals surface area contributed by atoms with Gasteiger partial charge in [0.15, 0.2) is 0 Å². The number of nitrogens with zero attached hydrogens (tertiary/aromatic N) is 3. The van der Waals surface area contributed by atoms with Gasteiger partial charge in [0, 0.05) is 51.8 Å². The van der Waals surface area contributed by atoms with Crippen LogP contribution in [0.4, 0.5) is 5.69 Å². The van der Waals surface area contributed by atoms with Gasteiger partial charge in [-0.1, -0.05) is 32.0 Å². The van der Waals surface area contributed by atoms with Crippen LogP contribution < -0.4 is 4.90 Å². The van der Waals surface area contributed by atoms with Crippen LogP contribution in [-0.2, 0) is 14.4 Å². The molecule has 0 N–H and O–H groups in total. The first-order valence-electron chi connectivity index (χ1n) is 9.73. The molecule has 2 aliphatic rings. The minimum Gasteiger partial charge on any atom is -0.339 e. The summed E-state index contributed by atoms with van der Waals surface area (Å²) in [5.74, 6) is 0.105. The van der Waals surface area contributed by atoms with E-state index >= 15 is 0 Å². The maximum absolute atomic E-state index is 12.9. The number of hydrogen-bond acceptors (Lipinski definition) is 3. The van der Waals surface area contributed by atoms with E-state index in [-0.39, 0.29) is 30.1 Å². The van der Waals surface area contributed by atoms with Crippen molar-refractivity contribution in [1.29, 1.82) is 0 Å². The lowest BCUT2D eigenvalue weighted by Gasteiger charge is -2.35. The van der Waals surface area contributed by atoms with Gasteiger partial charge < -0.3 is 14.7 Å². The van der Waals surface area contributed by atoms with E-state index in [9.17, 15) is 14.4 Å². The van der Waals surface area contributed by atoms with Gasteiger partial charge in [-0.25, -0.2) is 0 Å². The largest absolute Gasteiger partial charge is 0.339 e. The van der Waals surface area contributed by atoms with Crippen LogP contribution in [0.3, 0.4) is 0 Å². The molecule has 2 fully saturated rings. The summed E-state index contributed by atoms with van der Waals surface area (Å²) < 4.78 is 0. The molecule has 2 aliphatic heterocycles. The predicted octanol–water partition coefficient (Wildman–Crippen LogP) is 2.16. The fraction of sp³-hybridized carbons (Fsp3) is 0.571. The Hall–Kier alpha value is -2.37. The molecule has 0 saturated carbocycles. The van der Waals surface area contributed by atoms with Crippen molar-refractivity contribution in [3.05, 3.63) is 29.3 Å². The van der Waals surface area contributed by atoms with Crippen LogP contribution in [0.1, 0.15) is 44.2 Å². The molecule has 3 amide bonds. The Kier molecular flexibility index (Phi) is 5.53. The molecule has 1 aromatic carbocycles. The number of benzene rings is 1. The zero-order valence-electron chi connectivity index (χ0n) is 16.7. The predicted molar refractivity (Wildman–Crippen MR) is 105 cm³/mol. The van der Waals surface area contributed by atoms with Crippen molar-refractivity contribution < 1.29 is 14.4 Å². The summed E-state index contributed by atoms with van der Waals surface area (Å²) in [4.78, 5) is 42.5. The highest BCUT2D eigenvalue weighted by Crippen LogP contribution is 2.35. The molecule has 0 spiro atoms. The number of para-hydroxylation sites is 1. The number of amides is 3. The molecule has 0 radical (unpaired) electrons. The average Bonchev–Trinajstić information content (AvgIpc) is 3.02. The Morgan fingerprint density at radius 2 is 1.70 bits per heavy atom. The summed E-state index contributed by atoms with van der Waals surface area (Å²) in [7, 11) is 0. The van der Waals surface area contributed by atoms with Gasteiger partial charge in [-0.15, -0.1) is 0 Å². The fourth-order valence-electron chi connectivity index (χ4n) is 4.11. The lowest BCUT2D eigenvalue weighted by Crippen LogP contribution is -2.51. The van der Waals surface area contributed by atoms with Crippen LogP contribution in [0.2, 0.25) is 0 Å². The number of anilines is 1. The van der Waals surface area contributed by atoms with E-state index in [4.69, 9.17) is 0 Å². The molecular formula is C21H29N3O3. The zero-order chi connectivity index (χ0) is 19.7. The van der Waals surface area contributed by atoms with Gasteiger partial charge in [0.05, 0.1) is 5.92 Å². The highest BCUT2D eigenvalue weighted by atomic mass is 16.2. The van der Waals surface area contributed by atoms with Crippen molar-refractivity contribution in [2.75, 3.05) is 37.6 Å². The molecule has 1 aromatic rings. The maximum Gasteiger partial charge on any atom is 0.228 e. The van der Waals surface area contributed by atoms with E-state index in [2.05, 4.69) is 19.9 Å². The van der Waals surface area contributed by atoms with Crippen molar-refractivity contribution in [1.82, 2.24) is 9.80 Å². The molecule has 0 bridgehead atoms. The molecule has 0 aliphatic carbocycles. The van der Waals surface area contributed by atoms with E-state index in [0.29, 0.717) is 38.6 Å². The topological polar surface area (TPSA) is 60.9 Å². The third-order valence-electron chi connectivity index (χ3n) is 5.67. The van der Waals surface area contributed by atoms with Crippen LogP contribution in [0.15, 0.2) is 18.2 Å². The molecule has 3 rings (SSSR count). The molecule has 146 valence electrons. The number of rotatable bonds is 3. The second kappa shape index (κ2) is 7.71. The summed E-state index contributed by atoms with van der Waals surface area (Å²) in [6.07, 6.45) is 0.262. The van der Waals surface area contributed by atoms with E-state index in [1.807, 2.05) is 24.0 Å². The number of piperazine rings is 1. The normalized spacial score (nSPS) is 20.6. The molecule has 2 heterocycles. The Bertz CT molecular complexity index is 751. The first kappa shape index (κ1) is 19.4. The molecule has 1 atom stereocenters. The van der Waals surface area contributed by atoms with Crippen LogP contribution in [0, 0.1) is 12.8 Å². The summed E-state index contributed by atoms with van der Waals surface area (Å²) in [5.41, 5.74) is 3.18. The molecule has 0 aromatic heterocycles. The van der Waals surface area contributed by atoms with Crippen LogP contribution in [0.5, 0.6) is 0 Å². The number of carbonyl (C=O) groups is 3. The third-order valence-corrected chi connectivity index (χ3v) is 5.67. The number of hydrogen-bond donors (Lipinski definition) is 0. The standard InChI is InChI=1S/C21H29N3O3/c1-14(2)18-7-5-6-15(3)20(18)24-13-17(12-19(24)26)21(27)23-10-8-22(9-11-23)16(4)25/h5-7,14,17H,8-13H2,1-4H3. The quantitative estimate of drug-likeness (QED) is 0.818. The second-order valence-corrected chi connectivity index (χ2v) is 7.90. The number of aryl methyl sites for hydroxylation is 1. The third kappa shape index (κ3) is 3.84. The highest BCUT2D eigenvalue weighted by Gasteiger charge is 2.39. The highest BCUT2D eigenvalue weighted by molar-refractivity contribution is 6.01. The number of carbonyl (C=O) groups excluding carboxylic acids is 3. The van der Waals surface area contributed by atoms with E-state index in [1.54, 1.807) is 16.7 Å². The Labute approximate surface area is 161 Å². The van der Waals surface area contributed by atoms with Gasteiger partial charge in [-0.05, 0) is 24.0 Å². The van der Waals surface area contributed by atoms with Gasteiger partial charge in [0.2, 0.25) is 17.7 Å². The van der Waals surface area contributed by atoms with Crippen LogP contribution in [-0.4, -0.2) is 60.2 Å². The van der Waals surface area contributed by atoms with E-state index in [0.717, 1.165) is 16.8 Å². The zero-order valence-corrected chi connectivity index (χ0v) is 16.7. The fourth-order valence-corrected chi connectivity index (χ4v) is 4.11. The van der Waals surface area contributed by atoms with Crippen LogP contribution in [0.25, 0.3) is 0 Å². The molecular weight excluding hydrogens is 342 g/mol. The van der Waals surface area contributed by atoms with Crippen molar-refractivity contribution in [3.63, 3.8) is 0 Å². The van der Waals surface area contributed by atoms with Gasteiger partial charge >= 0.3 is 0 Å². The Morgan fingerprint density at radius 1 is 1.07 bits per heavy atom. The molecule has 2 saturated heterocycles. The summed E-state index contributed by atoms with van der Waals surface area (Å²) in [5, 5.41) is 0. The Balaban J connectivity index is 1.73. The first-order valence-corrected chi connectivity index (χ1v) is 9.73. The molecule has 27 heavy (non-hydrogen) atoms. The second-order valence-electron chi connectivity index (χ2n) is 7.90. The minimum absolute atomic E-state index is 0.0203. The van der Waals surface area contributed by atoms with Gasteiger partial charge in [-0.3, -0.25) is 14.4 Å². The molecule has 1 unspecified atom stereocenters. The Morgan fingerprint density at radius 3 is 2.30 bits per heavy atom. The molecule has 6 heteroatoms. The summed E-state index contributed by atoms with van der Waals surface area (Å²) >= 11 is 0. The van der Waals surface area contributed by atoms with Gasteiger partial charge in [0.1, 0.15) is 0 Å². The van der Waals surface area contributed by atoms with E-state index in [1.165, 1.54) is 0 Å².